The van der Waals surface area contributed by atoms with Crippen LogP contribution in [0, 0.1) is 11.7 Å². The number of alkyl halides is 2. The van der Waals surface area contributed by atoms with E-state index in [0.29, 0.717) is 27.1 Å². The SMILES string of the molecule is Cc1ccc2c(c1)[nH]c(=S)n2-c1ccccc1SC(F)F. The van der Waals surface area contributed by atoms with Gasteiger partial charge in [-0.15, -0.1) is 0 Å². The van der Waals surface area contributed by atoms with Crippen LogP contribution in [0.5, 0.6) is 0 Å². The average molecular weight is 322 g/mol. The third kappa shape index (κ3) is 2.73. The molecule has 1 heterocycles. The van der Waals surface area contributed by atoms with Crippen molar-refractivity contribution in [3.8, 4) is 5.69 Å². The fraction of sp³-hybridized carbons (Fsp3) is 0.133. The van der Waals surface area contributed by atoms with Crippen molar-refractivity contribution >= 4 is 35.0 Å². The summed E-state index contributed by atoms with van der Waals surface area (Å²) < 4.78 is 27.8. The summed E-state index contributed by atoms with van der Waals surface area (Å²) in [5, 5.41) is 0. The second kappa shape index (κ2) is 5.61. The van der Waals surface area contributed by atoms with E-state index in [1.54, 1.807) is 22.8 Å². The number of rotatable bonds is 3. The van der Waals surface area contributed by atoms with Crippen molar-refractivity contribution in [2.45, 2.75) is 17.6 Å². The molecule has 0 aliphatic rings. The van der Waals surface area contributed by atoms with Gasteiger partial charge in [-0.1, -0.05) is 30.0 Å². The van der Waals surface area contributed by atoms with E-state index in [1.807, 2.05) is 31.2 Å². The number of nitrogens with zero attached hydrogens (tertiary/aromatic N) is 1. The molecule has 3 aromatic rings. The van der Waals surface area contributed by atoms with E-state index in [9.17, 15) is 8.78 Å². The smallest absolute Gasteiger partial charge is 0.288 e. The average Bonchev–Trinajstić information content (AvgIpc) is 2.74. The third-order valence-corrected chi connectivity index (χ3v) is 4.22. The fourth-order valence-electron chi connectivity index (χ4n) is 2.30. The molecule has 3 rings (SSSR count). The Hall–Kier alpha value is -1.66. The maximum Gasteiger partial charge on any atom is 0.288 e. The van der Waals surface area contributed by atoms with Gasteiger partial charge in [-0.3, -0.25) is 4.57 Å². The van der Waals surface area contributed by atoms with Crippen LogP contribution in [0.2, 0.25) is 0 Å². The van der Waals surface area contributed by atoms with Crippen LogP contribution >= 0.6 is 24.0 Å². The number of imidazole rings is 1. The number of aromatic nitrogens is 2. The van der Waals surface area contributed by atoms with Gasteiger partial charge in [0.15, 0.2) is 4.77 Å². The number of hydrogen-bond acceptors (Lipinski definition) is 2. The first kappa shape index (κ1) is 14.3. The molecule has 0 atom stereocenters. The molecule has 0 amide bonds. The number of benzene rings is 2. The molecule has 21 heavy (non-hydrogen) atoms. The van der Waals surface area contributed by atoms with Gasteiger partial charge in [0, 0.05) is 4.90 Å². The van der Waals surface area contributed by atoms with Gasteiger partial charge in [0.05, 0.1) is 16.7 Å². The first-order valence-corrected chi connectivity index (χ1v) is 7.60. The van der Waals surface area contributed by atoms with Gasteiger partial charge in [-0.2, -0.15) is 8.78 Å². The summed E-state index contributed by atoms with van der Waals surface area (Å²) in [6.07, 6.45) is 0. The van der Waals surface area contributed by atoms with Crippen molar-refractivity contribution in [1.29, 1.82) is 0 Å². The Morgan fingerprint density at radius 1 is 1.19 bits per heavy atom. The molecule has 0 unspecified atom stereocenters. The molecule has 0 radical (unpaired) electrons. The number of aromatic amines is 1. The van der Waals surface area contributed by atoms with Crippen molar-refractivity contribution < 1.29 is 8.78 Å². The van der Waals surface area contributed by atoms with E-state index in [1.165, 1.54) is 0 Å². The van der Waals surface area contributed by atoms with Crippen LogP contribution in [-0.4, -0.2) is 15.3 Å². The highest BCUT2D eigenvalue weighted by molar-refractivity contribution is 7.99. The highest BCUT2D eigenvalue weighted by Crippen LogP contribution is 2.32. The minimum absolute atomic E-state index is 0.498. The Morgan fingerprint density at radius 2 is 1.95 bits per heavy atom. The first-order chi connectivity index (χ1) is 10.1. The summed E-state index contributed by atoms with van der Waals surface area (Å²) in [5.74, 6) is -2.47. The summed E-state index contributed by atoms with van der Waals surface area (Å²) in [7, 11) is 0. The molecule has 108 valence electrons. The Kier molecular flexibility index (Phi) is 3.82. The molecule has 1 aromatic heterocycles. The molecule has 0 bridgehead atoms. The second-order valence-electron chi connectivity index (χ2n) is 4.63. The highest BCUT2D eigenvalue weighted by atomic mass is 32.2. The van der Waals surface area contributed by atoms with Crippen LogP contribution in [0.15, 0.2) is 47.4 Å². The van der Waals surface area contributed by atoms with E-state index in [4.69, 9.17) is 12.2 Å². The molecule has 1 N–H and O–H groups in total. The number of nitrogens with one attached hydrogen (secondary N) is 1. The van der Waals surface area contributed by atoms with Crippen LogP contribution in [0.4, 0.5) is 8.78 Å². The predicted octanol–water partition coefficient (Wildman–Crippen LogP) is 5.31. The van der Waals surface area contributed by atoms with Crippen molar-refractivity contribution in [2.24, 2.45) is 0 Å². The molecule has 6 heteroatoms. The van der Waals surface area contributed by atoms with Crippen molar-refractivity contribution in [1.82, 2.24) is 9.55 Å². The minimum atomic E-state index is -2.47. The number of thioether (sulfide) groups is 1. The van der Waals surface area contributed by atoms with Crippen LogP contribution in [0.25, 0.3) is 16.7 Å². The largest absolute Gasteiger partial charge is 0.330 e. The zero-order chi connectivity index (χ0) is 15.0. The Morgan fingerprint density at radius 3 is 2.71 bits per heavy atom. The van der Waals surface area contributed by atoms with Gasteiger partial charge >= 0.3 is 0 Å². The Bertz CT molecular complexity index is 852. The van der Waals surface area contributed by atoms with Crippen LogP contribution in [0.1, 0.15) is 5.56 Å². The molecule has 2 aromatic carbocycles. The minimum Gasteiger partial charge on any atom is -0.330 e. The summed E-state index contributed by atoms with van der Waals surface area (Å²) in [4.78, 5) is 3.63. The van der Waals surface area contributed by atoms with Gasteiger partial charge in [-0.25, -0.2) is 0 Å². The summed E-state index contributed by atoms with van der Waals surface area (Å²) >= 11 is 5.89. The number of para-hydroxylation sites is 1. The van der Waals surface area contributed by atoms with E-state index in [-0.39, 0.29) is 0 Å². The van der Waals surface area contributed by atoms with Crippen molar-refractivity contribution in [2.75, 3.05) is 0 Å². The molecule has 0 spiro atoms. The molecule has 0 aliphatic carbocycles. The van der Waals surface area contributed by atoms with Crippen molar-refractivity contribution in [3.63, 3.8) is 0 Å². The molecular weight excluding hydrogens is 310 g/mol. The lowest BCUT2D eigenvalue weighted by Crippen LogP contribution is -1.97. The summed E-state index contributed by atoms with van der Waals surface area (Å²) in [6.45, 7) is 1.99. The maximum absolute atomic E-state index is 12.7. The lowest BCUT2D eigenvalue weighted by molar-refractivity contribution is 0.252. The quantitative estimate of drug-likeness (QED) is 0.521. The Balaban J connectivity index is 2.26. The summed E-state index contributed by atoms with van der Waals surface area (Å²) in [6, 6.07) is 13.0. The predicted molar refractivity (Wildman–Crippen MR) is 85.1 cm³/mol. The normalized spacial score (nSPS) is 11.4. The first-order valence-electron chi connectivity index (χ1n) is 6.32. The third-order valence-electron chi connectivity index (χ3n) is 3.16. The number of fused-ring (bicyclic) bond motifs is 1. The second-order valence-corrected chi connectivity index (χ2v) is 6.05. The number of hydrogen-bond donors (Lipinski definition) is 1. The van der Waals surface area contributed by atoms with E-state index < -0.39 is 5.76 Å². The van der Waals surface area contributed by atoms with E-state index in [0.717, 1.165) is 16.6 Å². The monoisotopic (exact) mass is 322 g/mol. The molecule has 2 nitrogen and oxygen atoms in total. The number of aryl methyl sites for hydroxylation is 1. The Labute approximate surface area is 129 Å². The lowest BCUT2D eigenvalue weighted by atomic mass is 10.2. The van der Waals surface area contributed by atoms with Gasteiger partial charge in [0.25, 0.3) is 5.76 Å². The van der Waals surface area contributed by atoms with Gasteiger partial charge < -0.3 is 4.98 Å². The molecule has 0 aliphatic heterocycles. The lowest BCUT2D eigenvalue weighted by Gasteiger charge is -2.10. The standard InChI is InChI=1S/C15H12F2N2S2/c1-9-6-7-11-10(8-9)18-15(20)19(11)12-4-2-3-5-13(12)21-14(16)17/h2-8,14H,1H3,(H,18,20). The van der Waals surface area contributed by atoms with Gasteiger partial charge in [-0.05, 0) is 49.0 Å². The van der Waals surface area contributed by atoms with Gasteiger partial charge in [0.1, 0.15) is 0 Å². The summed E-state index contributed by atoms with van der Waals surface area (Å²) in [5.41, 5.74) is 3.56. The maximum atomic E-state index is 12.7. The number of halogens is 2. The van der Waals surface area contributed by atoms with E-state index >= 15 is 0 Å². The molecule has 0 saturated carbocycles. The van der Waals surface area contributed by atoms with Crippen LogP contribution < -0.4 is 0 Å². The van der Waals surface area contributed by atoms with E-state index in [2.05, 4.69) is 4.98 Å². The fourth-order valence-corrected chi connectivity index (χ4v) is 3.24. The highest BCUT2D eigenvalue weighted by Gasteiger charge is 2.14. The molecular formula is C15H12F2N2S2. The number of H-pyrrole nitrogens is 1. The van der Waals surface area contributed by atoms with Crippen molar-refractivity contribution in [3.05, 3.63) is 52.8 Å². The molecule has 0 fully saturated rings. The molecule has 0 saturated heterocycles. The topological polar surface area (TPSA) is 20.7 Å². The van der Waals surface area contributed by atoms with Gasteiger partial charge in [0.2, 0.25) is 0 Å². The van der Waals surface area contributed by atoms with Crippen LogP contribution in [-0.2, 0) is 0 Å². The zero-order valence-electron chi connectivity index (χ0n) is 11.1. The zero-order valence-corrected chi connectivity index (χ0v) is 12.8. The van der Waals surface area contributed by atoms with Crippen LogP contribution in [0.3, 0.4) is 0 Å².